The van der Waals surface area contributed by atoms with E-state index in [0.717, 1.165) is 5.56 Å². The van der Waals surface area contributed by atoms with Crippen LogP contribution in [0.2, 0.25) is 0 Å². The van der Waals surface area contributed by atoms with Crippen molar-refractivity contribution in [2.75, 3.05) is 20.2 Å². The molecule has 0 aliphatic carbocycles. The first-order valence-corrected chi connectivity index (χ1v) is 8.53. The second kappa shape index (κ2) is 5.92. The third-order valence-corrected chi connectivity index (χ3v) is 6.17. The van der Waals surface area contributed by atoms with E-state index >= 15 is 0 Å². The fraction of sp³-hybridized carbons (Fsp3) is 0.571. The molecule has 1 aliphatic rings. The van der Waals surface area contributed by atoms with Gasteiger partial charge in [-0.05, 0) is 49.9 Å². The summed E-state index contributed by atoms with van der Waals surface area (Å²) in [5.74, 6) is 0.709. The topological polar surface area (TPSA) is 46.6 Å². The maximum absolute atomic E-state index is 12.7. The van der Waals surface area contributed by atoms with Gasteiger partial charge >= 0.3 is 0 Å². The summed E-state index contributed by atoms with van der Waals surface area (Å²) in [4.78, 5) is 0.365. The highest BCUT2D eigenvalue weighted by Crippen LogP contribution is 2.29. The fourth-order valence-corrected chi connectivity index (χ4v) is 4.42. The molecule has 0 N–H and O–H groups in total. The Morgan fingerprint density at radius 1 is 1.20 bits per heavy atom. The minimum Gasteiger partial charge on any atom is -0.496 e. The summed E-state index contributed by atoms with van der Waals surface area (Å²) in [6, 6.07) is 3.47. The molecule has 112 valence electrons. The molecule has 1 saturated heterocycles. The predicted octanol–water partition coefficient (Wildman–Crippen LogP) is 2.70. The number of rotatable bonds is 3. The van der Waals surface area contributed by atoms with E-state index in [1.807, 2.05) is 6.92 Å². The summed E-state index contributed by atoms with van der Waals surface area (Å²) in [6.07, 6.45) is 1.41. The van der Waals surface area contributed by atoms with Gasteiger partial charge in [-0.2, -0.15) is 4.31 Å². The maximum atomic E-state index is 12.7. The Kier molecular flexibility index (Phi) is 4.62. The second-order valence-electron chi connectivity index (χ2n) is 5.17. The smallest absolute Gasteiger partial charge is 0.243 e. The van der Waals surface area contributed by atoms with Gasteiger partial charge in [-0.1, -0.05) is 0 Å². The van der Waals surface area contributed by atoms with Crippen molar-refractivity contribution in [2.45, 2.75) is 37.0 Å². The molecule has 1 fully saturated rings. The molecule has 1 aromatic carbocycles. The van der Waals surface area contributed by atoms with E-state index in [9.17, 15) is 8.42 Å². The quantitative estimate of drug-likeness (QED) is 0.805. The first-order chi connectivity index (χ1) is 9.36. The van der Waals surface area contributed by atoms with Crippen LogP contribution < -0.4 is 4.74 Å². The maximum Gasteiger partial charge on any atom is 0.243 e. The van der Waals surface area contributed by atoms with E-state index in [-0.39, 0.29) is 5.38 Å². The van der Waals surface area contributed by atoms with Crippen molar-refractivity contribution in [3.05, 3.63) is 23.3 Å². The van der Waals surface area contributed by atoms with Crippen molar-refractivity contribution in [3.63, 3.8) is 0 Å². The molecule has 1 heterocycles. The Bertz CT molecular complexity index is 593. The van der Waals surface area contributed by atoms with Crippen molar-refractivity contribution >= 4 is 21.6 Å². The highest BCUT2D eigenvalue weighted by molar-refractivity contribution is 7.89. The summed E-state index contributed by atoms with van der Waals surface area (Å²) >= 11 is 6.04. The number of aryl methyl sites for hydroxylation is 2. The highest BCUT2D eigenvalue weighted by atomic mass is 35.5. The van der Waals surface area contributed by atoms with Crippen LogP contribution in [0.25, 0.3) is 0 Å². The number of sulfonamides is 1. The monoisotopic (exact) mass is 317 g/mol. The molecule has 1 aliphatic heterocycles. The molecule has 0 atom stereocenters. The Balaban J connectivity index is 2.37. The molecule has 2 rings (SSSR count). The average molecular weight is 318 g/mol. The van der Waals surface area contributed by atoms with Crippen LogP contribution >= 0.6 is 11.6 Å². The van der Waals surface area contributed by atoms with Gasteiger partial charge in [0, 0.05) is 18.5 Å². The van der Waals surface area contributed by atoms with Crippen LogP contribution in [0.15, 0.2) is 17.0 Å². The van der Waals surface area contributed by atoms with E-state index in [2.05, 4.69) is 0 Å². The van der Waals surface area contributed by atoms with Crippen LogP contribution in [0.5, 0.6) is 5.75 Å². The minimum atomic E-state index is -3.44. The van der Waals surface area contributed by atoms with Gasteiger partial charge in [0.15, 0.2) is 0 Å². The van der Waals surface area contributed by atoms with Crippen molar-refractivity contribution in [3.8, 4) is 5.75 Å². The zero-order chi connectivity index (χ0) is 14.9. The molecule has 4 nitrogen and oxygen atoms in total. The lowest BCUT2D eigenvalue weighted by molar-refractivity contribution is 0.350. The normalized spacial score (nSPS) is 18.2. The van der Waals surface area contributed by atoms with Crippen molar-refractivity contribution in [2.24, 2.45) is 0 Å². The SMILES string of the molecule is COc1cc(C)c(S(=O)(=O)N2CCC(Cl)CC2)cc1C. The van der Waals surface area contributed by atoms with Crippen LogP contribution in [0, 0.1) is 13.8 Å². The number of hydrogen-bond acceptors (Lipinski definition) is 3. The van der Waals surface area contributed by atoms with Crippen LogP contribution in [-0.4, -0.2) is 38.3 Å². The molecule has 0 aromatic heterocycles. The molecule has 0 radical (unpaired) electrons. The third-order valence-electron chi connectivity index (χ3n) is 3.69. The van der Waals surface area contributed by atoms with Gasteiger partial charge < -0.3 is 4.74 Å². The van der Waals surface area contributed by atoms with E-state index in [1.165, 1.54) is 4.31 Å². The molecule has 0 saturated carbocycles. The lowest BCUT2D eigenvalue weighted by atomic mass is 10.1. The van der Waals surface area contributed by atoms with Gasteiger partial charge in [-0.15, -0.1) is 11.6 Å². The fourth-order valence-electron chi connectivity index (χ4n) is 2.46. The first kappa shape index (κ1) is 15.6. The van der Waals surface area contributed by atoms with Gasteiger partial charge in [0.25, 0.3) is 0 Å². The van der Waals surface area contributed by atoms with Crippen LogP contribution in [0.4, 0.5) is 0 Å². The summed E-state index contributed by atoms with van der Waals surface area (Å²) in [7, 11) is -1.86. The Morgan fingerprint density at radius 3 is 2.35 bits per heavy atom. The second-order valence-corrected chi connectivity index (χ2v) is 7.69. The number of methoxy groups -OCH3 is 1. The third kappa shape index (κ3) is 2.95. The van der Waals surface area contributed by atoms with Crippen molar-refractivity contribution in [1.82, 2.24) is 4.31 Å². The molecule has 0 spiro atoms. The number of benzene rings is 1. The highest BCUT2D eigenvalue weighted by Gasteiger charge is 2.30. The lowest BCUT2D eigenvalue weighted by Gasteiger charge is -2.29. The van der Waals surface area contributed by atoms with Gasteiger partial charge in [-0.25, -0.2) is 8.42 Å². The van der Waals surface area contributed by atoms with E-state index in [0.29, 0.717) is 42.1 Å². The number of alkyl halides is 1. The molecular formula is C14H20ClNO3S. The van der Waals surface area contributed by atoms with Crippen LogP contribution in [-0.2, 0) is 10.0 Å². The summed E-state index contributed by atoms with van der Waals surface area (Å²) in [5.41, 5.74) is 1.53. The summed E-state index contributed by atoms with van der Waals surface area (Å²) in [5, 5.41) is 0.0835. The molecule has 0 amide bonds. The van der Waals surface area contributed by atoms with Crippen molar-refractivity contribution in [1.29, 1.82) is 0 Å². The summed E-state index contributed by atoms with van der Waals surface area (Å²) in [6.45, 7) is 4.62. The van der Waals surface area contributed by atoms with Crippen molar-refractivity contribution < 1.29 is 13.2 Å². The van der Waals surface area contributed by atoms with Crippen LogP contribution in [0.1, 0.15) is 24.0 Å². The molecule has 1 aromatic rings. The minimum absolute atomic E-state index is 0.0835. The Labute approximate surface area is 125 Å². The van der Waals surface area contributed by atoms with E-state index in [4.69, 9.17) is 16.3 Å². The van der Waals surface area contributed by atoms with E-state index < -0.39 is 10.0 Å². The Hall–Kier alpha value is -0.780. The number of nitrogens with zero attached hydrogens (tertiary/aromatic N) is 1. The molecule has 6 heteroatoms. The molecule has 0 unspecified atom stereocenters. The number of halogens is 1. The summed E-state index contributed by atoms with van der Waals surface area (Å²) < 4.78 is 32.2. The number of ether oxygens (including phenoxy) is 1. The zero-order valence-electron chi connectivity index (χ0n) is 12.0. The van der Waals surface area contributed by atoms with Crippen LogP contribution in [0.3, 0.4) is 0 Å². The molecule has 20 heavy (non-hydrogen) atoms. The van der Waals surface area contributed by atoms with E-state index in [1.54, 1.807) is 26.2 Å². The molecule has 0 bridgehead atoms. The molecular weight excluding hydrogens is 298 g/mol. The number of piperidine rings is 1. The largest absolute Gasteiger partial charge is 0.496 e. The number of hydrogen-bond donors (Lipinski definition) is 0. The van der Waals surface area contributed by atoms with Gasteiger partial charge in [0.2, 0.25) is 10.0 Å². The lowest BCUT2D eigenvalue weighted by Crippen LogP contribution is -2.39. The van der Waals surface area contributed by atoms with Gasteiger partial charge in [0.1, 0.15) is 5.75 Å². The first-order valence-electron chi connectivity index (χ1n) is 6.65. The standard InChI is InChI=1S/C14H20ClNO3S/c1-10-9-14(11(2)8-13(10)19-3)20(17,18)16-6-4-12(15)5-7-16/h8-9,12H,4-7H2,1-3H3. The predicted molar refractivity (Wildman–Crippen MR) is 80.1 cm³/mol. The zero-order valence-corrected chi connectivity index (χ0v) is 13.6. The van der Waals surface area contributed by atoms with Gasteiger partial charge in [-0.3, -0.25) is 0 Å². The Morgan fingerprint density at radius 2 is 1.80 bits per heavy atom. The van der Waals surface area contributed by atoms with Gasteiger partial charge in [0.05, 0.1) is 12.0 Å². The average Bonchev–Trinajstić information content (AvgIpc) is 2.41.